The number of hydrogen-bond acceptors (Lipinski definition) is 3. The van der Waals surface area contributed by atoms with Crippen LogP contribution in [0.15, 0.2) is 12.1 Å². The summed E-state index contributed by atoms with van der Waals surface area (Å²) < 4.78 is 4.99. The number of carboxylic acid groups (broad SMARTS) is 1. The van der Waals surface area contributed by atoms with Crippen LogP contribution in [0.5, 0.6) is 5.75 Å². The van der Waals surface area contributed by atoms with Crippen molar-refractivity contribution in [2.24, 2.45) is 0 Å². The van der Waals surface area contributed by atoms with E-state index in [2.05, 4.69) is 0 Å². The highest BCUT2D eigenvalue weighted by atomic mass is 35.5. The molecular formula is C13H15Cl2NO4. The molecule has 0 unspecified atom stereocenters. The van der Waals surface area contributed by atoms with Crippen molar-refractivity contribution in [3.8, 4) is 5.75 Å². The van der Waals surface area contributed by atoms with Crippen molar-refractivity contribution < 1.29 is 19.4 Å². The lowest BCUT2D eigenvalue weighted by Crippen LogP contribution is -2.50. The summed E-state index contributed by atoms with van der Waals surface area (Å²) in [7, 11) is 2.82. The maximum absolute atomic E-state index is 12.3. The van der Waals surface area contributed by atoms with Crippen molar-refractivity contribution in [3.63, 3.8) is 0 Å². The van der Waals surface area contributed by atoms with Gasteiger partial charge in [-0.1, -0.05) is 23.2 Å². The van der Waals surface area contributed by atoms with Crippen molar-refractivity contribution in [2.45, 2.75) is 19.4 Å². The van der Waals surface area contributed by atoms with Crippen LogP contribution in [0.1, 0.15) is 24.2 Å². The third kappa shape index (κ3) is 2.99. The molecule has 0 saturated carbocycles. The van der Waals surface area contributed by atoms with E-state index in [4.69, 9.17) is 33.0 Å². The Morgan fingerprint density at radius 3 is 2.05 bits per heavy atom. The quantitative estimate of drug-likeness (QED) is 0.926. The molecule has 0 bridgehead atoms. The molecule has 20 heavy (non-hydrogen) atoms. The Balaban J connectivity index is 3.20. The zero-order valence-electron chi connectivity index (χ0n) is 11.5. The molecule has 0 atom stereocenters. The number of methoxy groups -OCH3 is 1. The first-order valence-electron chi connectivity index (χ1n) is 5.67. The first-order chi connectivity index (χ1) is 9.12. The molecule has 1 aromatic carbocycles. The minimum Gasteiger partial charge on any atom is -0.494 e. The van der Waals surface area contributed by atoms with Crippen LogP contribution in [0, 0.1) is 0 Å². The van der Waals surface area contributed by atoms with E-state index >= 15 is 0 Å². The summed E-state index contributed by atoms with van der Waals surface area (Å²) in [6, 6.07) is 2.78. The van der Waals surface area contributed by atoms with Gasteiger partial charge in [0.25, 0.3) is 5.91 Å². The van der Waals surface area contributed by atoms with Crippen LogP contribution in [0.2, 0.25) is 10.0 Å². The van der Waals surface area contributed by atoms with Gasteiger partial charge in [-0.25, -0.2) is 4.79 Å². The van der Waals surface area contributed by atoms with Crippen LogP contribution in [0.3, 0.4) is 0 Å². The molecule has 1 rings (SSSR count). The fraction of sp³-hybridized carbons (Fsp3) is 0.385. The Morgan fingerprint density at radius 2 is 1.70 bits per heavy atom. The zero-order valence-corrected chi connectivity index (χ0v) is 13.0. The zero-order chi connectivity index (χ0) is 15.7. The number of rotatable bonds is 4. The van der Waals surface area contributed by atoms with E-state index in [1.165, 1.54) is 40.1 Å². The summed E-state index contributed by atoms with van der Waals surface area (Å²) in [4.78, 5) is 24.6. The number of ether oxygens (including phenoxy) is 1. The lowest BCUT2D eigenvalue weighted by atomic mass is 10.0. The van der Waals surface area contributed by atoms with Gasteiger partial charge < -0.3 is 14.7 Å². The second-order valence-electron chi connectivity index (χ2n) is 4.70. The average molecular weight is 320 g/mol. The molecule has 7 heteroatoms. The molecule has 0 fully saturated rings. The summed E-state index contributed by atoms with van der Waals surface area (Å²) in [5, 5.41) is 9.50. The van der Waals surface area contributed by atoms with Gasteiger partial charge in [0.1, 0.15) is 5.54 Å². The van der Waals surface area contributed by atoms with Gasteiger partial charge >= 0.3 is 5.97 Å². The van der Waals surface area contributed by atoms with Crippen LogP contribution in [-0.2, 0) is 4.79 Å². The largest absolute Gasteiger partial charge is 0.494 e. The van der Waals surface area contributed by atoms with Crippen molar-refractivity contribution >= 4 is 35.1 Å². The van der Waals surface area contributed by atoms with E-state index in [-0.39, 0.29) is 21.4 Å². The van der Waals surface area contributed by atoms with E-state index in [0.29, 0.717) is 0 Å². The maximum Gasteiger partial charge on any atom is 0.329 e. The highest BCUT2D eigenvalue weighted by molar-refractivity contribution is 6.37. The fourth-order valence-corrected chi connectivity index (χ4v) is 2.11. The Hall–Kier alpha value is -1.46. The van der Waals surface area contributed by atoms with Gasteiger partial charge in [-0.05, 0) is 26.0 Å². The molecule has 0 aliphatic heterocycles. The Morgan fingerprint density at radius 1 is 1.25 bits per heavy atom. The van der Waals surface area contributed by atoms with E-state index in [0.717, 1.165) is 4.90 Å². The van der Waals surface area contributed by atoms with Crippen molar-refractivity contribution in [1.82, 2.24) is 4.90 Å². The van der Waals surface area contributed by atoms with Gasteiger partial charge in [0.15, 0.2) is 5.75 Å². The van der Waals surface area contributed by atoms with Gasteiger partial charge in [-0.2, -0.15) is 0 Å². The molecule has 0 saturated heterocycles. The number of carbonyl (C=O) groups is 2. The van der Waals surface area contributed by atoms with Crippen LogP contribution < -0.4 is 4.74 Å². The maximum atomic E-state index is 12.3. The van der Waals surface area contributed by atoms with Crippen molar-refractivity contribution in [1.29, 1.82) is 0 Å². The molecule has 0 aliphatic rings. The summed E-state index contributed by atoms with van der Waals surface area (Å²) in [6.07, 6.45) is 0. The minimum absolute atomic E-state index is 0.185. The summed E-state index contributed by atoms with van der Waals surface area (Å²) in [6.45, 7) is 2.86. The van der Waals surface area contributed by atoms with Crippen LogP contribution >= 0.6 is 23.2 Å². The molecule has 5 nitrogen and oxygen atoms in total. The Bertz CT molecular complexity index is 534. The molecule has 0 aliphatic carbocycles. The topological polar surface area (TPSA) is 66.8 Å². The molecule has 0 spiro atoms. The Kier molecular flexibility index (Phi) is 4.89. The monoisotopic (exact) mass is 319 g/mol. The summed E-state index contributed by atoms with van der Waals surface area (Å²) in [5.74, 6) is -1.34. The highest BCUT2D eigenvalue weighted by Crippen LogP contribution is 2.34. The van der Waals surface area contributed by atoms with Crippen LogP contribution in [0.4, 0.5) is 0 Å². The van der Waals surface area contributed by atoms with Crippen molar-refractivity contribution in [2.75, 3.05) is 14.2 Å². The van der Waals surface area contributed by atoms with Gasteiger partial charge in [-0.15, -0.1) is 0 Å². The second kappa shape index (κ2) is 5.89. The normalized spacial score (nSPS) is 11.1. The number of benzene rings is 1. The minimum atomic E-state index is -1.35. The second-order valence-corrected chi connectivity index (χ2v) is 5.52. The van der Waals surface area contributed by atoms with E-state index in [1.54, 1.807) is 0 Å². The molecule has 1 N–H and O–H groups in total. The van der Waals surface area contributed by atoms with Gasteiger partial charge in [0.05, 0.1) is 17.2 Å². The lowest BCUT2D eigenvalue weighted by molar-refractivity contribution is -0.147. The third-order valence-corrected chi connectivity index (χ3v) is 3.68. The SMILES string of the molecule is COc1c(Cl)cc(C(=O)N(C)C(C)(C)C(=O)O)cc1Cl. The van der Waals surface area contributed by atoms with Gasteiger partial charge in [0, 0.05) is 12.6 Å². The summed E-state index contributed by atoms with van der Waals surface area (Å²) >= 11 is 11.9. The molecule has 0 radical (unpaired) electrons. The molecule has 110 valence electrons. The molecule has 1 amide bonds. The van der Waals surface area contributed by atoms with E-state index in [1.807, 2.05) is 0 Å². The number of amides is 1. The standard InChI is InChI=1S/C13H15Cl2NO4/c1-13(2,12(18)19)16(3)11(17)7-5-8(14)10(20-4)9(15)6-7/h5-6H,1-4H3,(H,18,19). The number of hydrogen-bond donors (Lipinski definition) is 1. The third-order valence-electron chi connectivity index (χ3n) is 3.12. The van der Waals surface area contributed by atoms with Crippen molar-refractivity contribution in [3.05, 3.63) is 27.7 Å². The number of carboxylic acids is 1. The Labute approximate surface area is 127 Å². The molecule has 0 aromatic heterocycles. The smallest absolute Gasteiger partial charge is 0.329 e. The number of aliphatic carboxylic acids is 1. The van der Waals surface area contributed by atoms with E-state index in [9.17, 15) is 9.59 Å². The predicted octanol–water partition coefficient (Wildman–Crippen LogP) is 2.94. The number of carbonyl (C=O) groups excluding carboxylic acids is 1. The number of nitrogens with zero attached hydrogens (tertiary/aromatic N) is 1. The van der Waals surface area contributed by atoms with E-state index < -0.39 is 17.4 Å². The number of likely N-dealkylation sites (N-methyl/N-ethyl adjacent to an activating group) is 1. The predicted molar refractivity (Wildman–Crippen MR) is 76.8 cm³/mol. The first-order valence-corrected chi connectivity index (χ1v) is 6.43. The van der Waals surface area contributed by atoms with Gasteiger partial charge in [-0.3, -0.25) is 4.79 Å². The first kappa shape index (κ1) is 16.6. The average Bonchev–Trinajstić information content (AvgIpc) is 2.36. The lowest BCUT2D eigenvalue weighted by Gasteiger charge is -2.31. The summed E-state index contributed by atoms with van der Waals surface area (Å²) in [5.41, 5.74) is -1.16. The highest BCUT2D eigenvalue weighted by Gasteiger charge is 2.35. The van der Waals surface area contributed by atoms with Gasteiger partial charge in [0.2, 0.25) is 0 Å². The fourth-order valence-electron chi connectivity index (χ4n) is 1.47. The molecule has 0 heterocycles. The number of halogens is 2. The molecule has 1 aromatic rings. The van der Waals surface area contributed by atoms with Crippen LogP contribution in [-0.4, -0.2) is 41.6 Å². The van der Waals surface area contributed by atoms with Crippen LogP contribution in [0.25, 0.3) is 0 Å². The molecular weight excluding hydrogens is 305 g/mol.